The molecule has 110 valence electrons. The number of amides is 1. The normalized spacial score (nSPS) is 10.0. The first-order valence-electron chi connectivity index (χ1n) is 6.99. The van der Waals surface area contributed by atoms with Gasteiger partial charge in [-0.1, -0.05) is 26.7 Å². The topological polar surface area (TPSA) is 47.9 Å². The Hall–Kier alpha value is -1.84. The number of carbonyl (C=O) groups excluding carboxylic acids is 1. The van der Waals surface area contributed by atoms with Crippen LogP contribution in [-0.4, -0.2) is 25.8 Å². The van der Waals surface area contributed by atoms with Gasteiger partial charge in [-0.2, -0.15) is 0 Å². The van der Waals surface area contributed by atoms with Gasteiger partial charge >= 0.3 is 0 Å². The molecule has 1 rings (SSSR count). The molecular weight excluding hydrogens is 254 g/mol. The molecule has 0 spiro atoms. The first-order chi connectivity index (χ1) is 9.65. The Morgan fingerprint density at radius 2 is 1.65 bits per heavy atom. The van der Waals surface area contributed by atoms with Crippen LogP contribution in [0.15, 0.2) is 23.2 Å². The Balaban J connectivity index is 2.98. The zero-order chi connectivity index (χ0) is 15.0. The average Bonchev–Trinajstić information content (AvgIpc) is 2.46. The minimum Gasteiger partial charge on any atom is -0.493 e. The third-order valence-electron chi connectivity index (χ3n) is 2.97. The molecule has 0 aliphatic rings. The van der Waals surface area contributed by atoms with Crippen LogP contribution in [-0.2, 0) is 0 Å². The fourth-order valence-corrected chi connectivity index (χ4v) is 1.99. The monoisotopic (exact) mass is 277 g/mol. The molecule has 0 aliphatic carbocycles. The summed E-state index contributed by atoms with van der Waals surface area (Å²) in [5.74, 6) is 0.930. The Morgan fingerprint density at radius 3 is 2.15 bits per heavy atom. The van der Waals surface area contributed by atoms with Crippen LogP contribution in [0.4, 0.5) is 0 Å². The van der Waals surface area contributed by atoms with E-state index < -0.39 is 0 Å². The van der Waals surface area contributed by atoms with E-state index in [1.165, 1.54) is 0 Å². The standard InChI is InChI=1S/C16H23NO3/c1-5-7-13(8-6-2)17-16(18)12-9-10-14(19-3)15(11-12)20-4/h9-11H,5-8H2,1-4H3. The zero-order valence-corrected chi connectivity index (χ0v) is 12.7. The minimum absolute atomic E-state index is 0.220. The number of carbonyl (C=O) groups is 1. The molecule has 0 bridgehead atoms. The summed E-state index contributed by atoms with van der Waals surface area (Å²) < 4.78 is 10.4. The van der Waals surface area contributed by atoms with Gasteiger partial charge in [-0.25, -0.2) is 4.99 Å². The number of nitrogens with zero attached hydrogens (tertiary/aromatic N) is 1. The molecule has 0 radical (unpaired) electrons. The van der Waals surface area contributed by atoms with Crippen molar-refractivity contribution in [2.75, 3.05) is 14.2 Å². The highest BCUT2D eigenvalue weighted by Crippen LogP contribution is 2.27. The number of aliphatic imine (C=N–C) groups is 1. The van der Waals surface area contributed by atoms with Crippen LogP contribution in [0.2, 0.25) is 0 Å². The van der Waals surface area contributed by atoms with Gasteiger partial charge in [0.2, 0.25) is 0 Å². The minimum atomic E-state index is -0.220. The van der Waals surface area contributed by atoms with Crippen molar-refractivity contribution in [1.82, 2.24) is 0 Å². The van der Waals surface area contributed by atoms with Crippen molar-refractivity contribution in [3.8, 4) is 11.5 Å². The summed E-state index contributed by atoms with van der Waals surface area (Å²) in [6.07, 6.45) is 3.73. The van der Waals surface area contributed by atoms with E-state index >= 15 is 0 Å². The summed E-state index contributed by atoms with van der Waals surface area (Å²) in [6, 6.07) is 5.10. The largest absolute Gasteiger partial charge is 0.493 e. The highest BCUT2D eigenvalue weighted by molar-refractivity contribution is 6.04. The maximum absolute atomic E-state index is 12.2. The van der Waals surface area contributed by atoms with Gasteiger partial charge in [-0.05, 0) is 31.0 Å². The highest BCUT2D eigenvalue weighted by Gasteiger charge is 2.11. The third kappa shape index (κ3) is 4.37. The molecule has 0 heterocycles. The lowest BCUT2D eigenvalue weighted by Crippen LogP contribution is -2.04. The Morgan fingerprint density at radius 1 is 1.05 bits per heavy atom. The molecule has 4 nitrogen and oxygen atoms in total. The molecule has 0 N–H and O–H groups in total. The van der Waals surface area contributed by atoms with E-state index in [0.29, 0.717) is 17.1 Å². The average molecular weight is 277 g/mol. The van der Waals surface area contributed by atoms with Crippen LogP contribution in [0.25, 0.3) is 0 Å². The molecule has 1 amide bonds. The summed E-state index contributed by atoms with van der Waals surface area (Å²) >= 11 is 0. The third-order valence-corrected chi connectivity index (χ3v) is 2.97. The van der Waals surface area contributed by atoms with Crippen molar-refractivity contribution in [2.24, 2.45) is 4.99 Å². The number of methoxy groups -OCH3 is 2. The maximum Gasteiger partial charge on any atom is 0.277 e. The Kier molecular flexibility index (Phi) is 6.77. The zero-order valence-electron chi connectivity index (χ0n) is 12.7. The number of hydrogen-bond donors (Lipinski definition) is 0. The summed E-state index contributed by atoms with van der Waals surface area (Å²) in [5.41, 5.74) is 1.49. The second kappa shape index (κ2) is 8.35. The first kappa shape index (κ1) is 16.2. The molecule has 1 aromatic carbocycles. The molecule has 0 saturated heterocycles. The number of hydrogen-bond acceptors (Lipinski definition) is 3. The van der Waals surface area contributed by atoms with Crippen LogP contribution < -0.4 is 9.47 Å². The molecule has 0 saturated carbocycles. The van der Waals surface area contributed by atoms with E-state index in [1.807, 2.05) is 0 Å². The van der Waals surface area contributed by atoms with Gasteiger partial charge in [-0.3, -0.25) is 4.79 Å². The van der Waals surface area contributed by atoms with Gasteiger partial charge in [0.25, 0.3) is 5.91 Å². The molecule has 0 aromatic heterocycles. The van der Waals surface area contributed by atoms with Gasteiger partial charge in [0.05, 0.1) is 14.2 Å². The number of rotatable bonds is 7. The predicted molar refractivity (Wildman–Crippen MR) is 81.1 cm³/mol. The van der Waals surface area contributed by atoms with Crippen molar-refractivity contribution in [3.05, 3.63) is 23.8 Å². The lowest BCUT2D eigenvalue weighted by Gasteiger charge is -2.08. The lowest BCUT2D eigenvalue weighted by atomic mass is 10.1. The molecule has 1 aromatic rings. The number of benzene rings is 1. The van der Waals surface area contributed by atoms with E-state index in [0.717, 1.165) is 31.4 Å². The maximum atomic E-state index is 12.2. The van der Waals surface area contributed by atoms with Crippen molar-refractivity contribution in [1.29, 1.82) is 0 Å². The van der Waals surface area contributed by atoms with Crippen LogP contribution in [0.5, 0.6) is 11.5 Å². The Bertz CT molecular complexity index is 473. The quantitative estimate of drug-likeness (QED) is 0.710. The van der Waals surface area contributed by atoms with E-state index in [1.54, 1.807) is 32.4 Å². The lowest BCUT2D eigenvalue weighted by molar-refractivity contribution is 0.100. The second-order valence-electron chi connectivity index (χ2n) is 4.55. The van der Waals surface area contributed by atoms with Gasteiger partial charge < -0.3 is 9.47 Å². The Labute approximate surface area is 120 Å². The molecule has 0 aliphatic heterocycles. The van der Waals surface area contributed by atoms with E-state index in [-0.39, 0.29) is 5.91 Å². The first-order valence-corrected chi connectivity index (χ1v) is 6.99. The number of ether oxygens (including phenoxy) is 2. The van der Waals surface area contributed by atoms with Crippen LogP contribution in [0.1, 0.15) is 49.9 Å². The summed E-state index contributed by atoms with van der Waals surface area (Å²) in [4.78, 5) is 16.4. The second-order valence-corrected chi connectivity index (χ2v) is 4.55. The summed E-state index contributed by atoms with van der Waals surface area (Å²) in [6.45, 7) is 4.18. The van der Waals surface area contributed by atoms with Gasteiger partial charge in [0, 0.05) is 11.3 Å². The van der Waals surface area contributed by atoms with Crippen molar-refractivity contribution < 1.29 is 14.3 Å². The van der Waals surface area contributed by atoms with Crippen molar-refractivity contribution in [3.63, 3.8) is 0 Å². The van der Waals surface area contributed by atoms with E-state index in [9.17, 15) is 4.79 Å². The molecule has 0 fully saturated rings. The highest BCUT2D eigenvalue weighted by atomic mass is 16.5. The smallest absolute Gasteiger partial charge is 0.277 e. The summed E-state index contributed by atoms with van der Waals surface area (Å²) in [7, 11) is 3.12. The van der Waals surface area contributed by atoms with Crippen molar-refractivity contribution >= 4 is 11.6 Å². The van der Waals surface area contributed by atoms with Gasteiger partial charge in [0.15, 0.2) is 11.5 Å². The van der Waals surface area contributed by atoms with Crippen molar-refractivity contribution in [2.45, 2.75) is 39.5 Å². The van der Waals surface area contributed by atoms with Crippen LogP contribution in [0, 0.1) is 0 Å². The van der Waals surface area contributed by atoms with E-state index in [2.05, 4.69) is 18.8 Å². The van der Waals surface area contributed by atoms with Crippen LogP contribution in [0.3, 0.4) is 0 Å². The molecule has 0 unspecified atom stereocenters. The van der Waals surface area contributed by atoms with Gasteiger partial charge in [-0.15, -0.1) is 0 Å². The fraction of sp³-hybridized carbons (Fsp3) is 0.500. The molecular formula is C16H23NO3. The molecule has 0 atom stereocenters. The molecule has 20 heavy (non-hydrogen) atoms. The van der Waals surface area contributed by atoms with Crippen LogP contribution >= 0.6 is 0 Å². The fourth-order valence-electron chi connectivity index (χ4n) is 1.99. The van der Waals surface area contributed by atoms with E-state index in [4.69, 9.17) is 9.47 Å². The predicted octanol–water partition coefficient (Wildman–Crippen LogP) is 3.89. The van der Waals surface area contributed by atoms with Gasteiger partial charge in [0.1, 0.15) is 0 Å². The SMILES string of the molecule is CCCC(CCC)=NC(=O)c1ccc(OC)c(OC)c1. The molecule has 4 heteroatoms. The summed E-state index contributed by atoms with van der Waals surface area (Å²) in [5, 5.41) is 0.